The number of pyridine rings is 1. The van der Waals surface area contributed by atoms with E-state index in [1.807, 2.05) is 19.2 Å². The molecule has 0 aliphatic carbocycles. The molecule has 1 N–H and O–H groups in total. The van der Waals surface area contributed by atoms with Gasteiger partial charge in [0.1, 0.15) is 5.65 Å². The number of fused-ring (bicyclic) bond motifs is 2. The smallest absolute Gasteiger partial charge is 0.145 e. The van der Waals surface area contributed by atoms with E-state index in [2.05, 4.69) is 76.3 Å². The van der Waals surface area contributed by atoms with Crippen molar-refractivity contribution < 1.29 is 0 Å². The standard InChI is InChI=1S/C22H17N3/c1-15-7-8-18-14-21(16-5-3-2-4-6-16)25(22(18)24-15)19-9-10-20-17(13-19)11-12-23-20/h2-14,23H,1H3. The molecule has 0 radical (unpaired) electrons. The molecule has 120 valence electrons. The molecule has 0 saturated carbocycles. The first-order valence-electron chi connectivity index (χ1n) is 8.42. The fourth-order valence-corrected chi connectivity index (χ4v) is 3.43. The van der Waals surface area contributed by atoms with Crippen LogP contribution < -0.4 is 0 Å². The molecule has 0 amide bonds. The number of rotatable bonds is 2. The Morgan fingerprint density at radius 2 is 1.72 bits per heavy atom. The van der Waals surface area contributed by atoms with Gasteiger partial charge in [-0.3, -0.25) is 4.57 Å². The second kappa shape index (κ2) is 5.35. The fourth-order valence-electron chi connectivity index (χ4n) is 3.43. The van der Waals surface area contributed by atoms with E-state index in [1.165, 1.54) is 10.9 Å². The molecule has 5 rings (SSSR count). The molecule has 3 aromatic heterocycles. The van der Waals surface area contributed by atoms with Crippen molar-refractivity contribution in [2.45, 2.75) is 6.92 Å². The van der Waals surface area contributed by atoms with Gasteiger partial charge in [0.05, 0.1) is 5.69 Å². The third kappa shape index (κ3) is 2.24. The van der Waals surface area contributed by atoms with Crippen molar-refractivity contribution in [3.05, 3.63) is 84.7 Å². The van der Waals surface area contributed by atoms with Crippen LogP contribution >= 0.6 is 0 Å². The molecular formula is C22H17N3. The van der Waals surface area contributed by atoms with Crippen LogP contribution in [0.25, 0.3) is 38.9 Å². The lowest BCUT2D eigenvalue weighted by Gasteiger charge is -2.11. The highest BCUT2D eigenvalue weighted by molar-refractivity contribution is 5.88. The fraction of sp³-hybridized carbons (Fsp3) is 0.0455. The van der Waals surface area contributed by atoms with Crippen LogP contribution in [0.3, 0.4) is 0 Å². The van der Waals surface area contributed by atoms with Gasteiger partial charge in [-0.2, -0.15) is 0 Å². The average Bonchev–Trinajstić information content (AvgIpc) is 3.25. The van der Waals surface area contributed by atoms with Gasteiger partial charge in [0, 0.05) is 33.9 Å². The summed E-state index contributed by atoms with van der Waals surface area (Å²) in [5, 5.41) is 2.35. The van der Waals surface area contributed by atoms with Gasteiger partial charge in [-0.05, 0) is 55.0 Å². The molecule has 3 nitrogen and oxygen atoms in total. The summed E-state index contributed by atoms with van der Waals surface area (Å²) in [4.78, 5) is 8.08. The summed E-state index contributed by atoms with van der Waals surface area (Å²) in [5.41, 5.74) is 6.63. The minimum atomic E-state index is 0.994. The van der Waals surface area contributed by atoms with Crippen molar-refractivity contribution in [1.82, 2.24) is 14.5 Å². The predicted molar refractivity (Wildman–Crippen MR) is 103 cm³/mol. The number of hydrogen-bond acceptors (Lipinski definition) is 1. The third-order valence-electron chi connectivity index (χ3n) is 4.65. The lowest BCUT2D eigenvalue weighted by atomic mass is 10.1. The number of H-pyrrole nitrogens is 1. The van der Waals surface area contributed by atoms with Gasteiger partial charge in [0.15, 0.2) is 0 Å². The second-order valence-electron chi connectivity index (χ2n) is 6.35. The number of hydrogen-bond donors (Lipinski definition) is 1. The normalized spacial score (nSPS) is 11.4. The van der Waals surface area contributed by atoms with E-state index < -0.39 is 0 Å². The van der Waals surface area contributed by atoms with Gasteiger partial charge in [-0.15, -0.1) is 0 Å². The Labute approximate surface area is 145 Å². The number of nitrogens with zero attached hydrogens (tertiary/aromatic N) is 2. The molecule has 0 aliphatic rings. The molecule has 0 atom stereocenters. The van der Waals surface area contributed by atoms with Crippen LogP contribution in [0.4, 0.5) is 0 Å². The monoisotopic (exact) mass is 323 g/mol. The van der Waals surface area contributed by atoms with Crippen LogP contribution in [0.1, 0.15) is 5.69 Å². The molecule has 0 unspecified atom stereocenters. The maximum absolute atomic E-state index is 4.82. The molecule has 3 heteroatoms. The largest absolute Gasteiger partial charge is 0.361 e. The summed E-state index contributed by atoms with van der Waals surface area (Å²) in [7, 11) is 0. The number of benzene rings is 2. The van der Waals surface area contributed by atoms with E-state index in [9.17, 15) is 0 Å². The Morgan fingerprint density at radius 3 is 2.60 bits per heavy atom. The van der Waals surface area contributed by atoms with Crippen molar-refractivity contribution in [2.24, 2.45) is 0 Å². The zero-order chi connectivity index (χ0) is 16.8. The van der Waals surface area contributed by atoms with Crippen LogP contribution in [0.5, 0.6) is 0 Å². The molecule has 0 saturated heterocycles. The first-order valence-corrected chi connectivity index (χ1v) is 8.42. The van der Waals surface area contributed by atoms with Gasteiger partial charge in [0.25, 0.3) is 0 Å². The second-order valence-corrected chi connectivity index (χ2v) is 6.35. The van der Waals surface area contributed by atoms with E-state index in [-0.39, 0.29) is 0 Å². The van der Waals surface area contributed by atoms with E-state index in [0.29, 0.717) is 0 Å². The van der Waals surface area contributed by atoms with Gasteiger partial charge in [-0.25, -0.2) is 4.98 Å². The topological polar surface area (TPSA) is 33.6 Å². The maximum atomic E-state index is 4.82. The molecule has 0 spiro atoms. The SMILES string of the molecule is Cc1ccc2cc(-c3ccccc3)n(-c3ccc4[nH]ccc4c3)c2n1. The highest BCUT2D eigenvalue weighted by Crippen LogP contribution is 2.31. The lowest BCUT2D eigenvalue weighted by Crippen LogP contribution is -1.98. The molecule has 0 bridgehead atoms. The van der Waals surface area contributed by atoms with E-state index in [4.69, 9.17) is 4.98 Å². The Balaban J connectivity index is 1.86. The van der Waals surface area contributed by atoms with Gasteiger partial charge >= 0.3 is 0 Å². The highest BCUT2D eigenvalue weighted by atomic mass is 15.1. The van der Waals surface area contributed by atoms with E-state index in [1.54, 1.807) is 0 Å². The van der Waals surface area contributed by atoms with Gasteiger partial charge < -0.3 is 4.98 Å². The van der Waals surface area contributed by atoms with Crippen LogP contribution in [-0.2, 0) is 0 Å². The lowest BCUT2D eigenvalue weighted by molar-refractivity contribution is 1.08. The van der Waals surface area contributed by atoms with Crippen LogP contribution in [-0.4, -0.2) is 14.5 Å². The first-order chi connectivity index (χ1) is 12.3. The van der Waals surface area contributed by atoms with Crippen molar-refractivity contribution in [2.75, 3.05) is 0 Å². The minimum absolute atomic E-state index is 0.994. The summed E-state index contributed by atoms with van der Waals surface area (Å²) in [6, 6.07) is 25.5. The number of aromatic nitrogens is 3. The van der Waals surface area contributed by atoms with Crippen LogP contribution in [0, 0.1) is 6.92 Å². The third-order valence-corrected chi connectivity index (χ3v) is 4.65. The molecule has 0 fully saturated rings. The Morgan fingerprint density at radius 1 is 0.840 bits per heavy atom. The van der Waals surface area contributed by atoms with Crippen LogP contribution in [0.2, 0.25) is 0 Å². The molecule has 0 aliphatic heterocycles. The number of aromatic amines is 1. The average molecular weight is 323 g/mol. The predicted octanol–water partition coefficient (Wildman–Crippen LogP) is 5.48. The summed E-state index contributed by atoms with van der Waals surface area (Å²) >= 11 is 0. The van der Waals surface area contributed by atoms with Gasteiger partial charge in [-0.1, -0.05) is 30.3 Å². The van der Waals surface area contributed by atoms with Crippen molar-refractivity contribution in [1.29, 1.82) is 0 Å². The molecule has 3 heterocycles. The quantitative estimate of drug-likeness (QED) is 0.458. The summed E-state index contributed by atoms with van der Waals surface area (Å²) in [6.07, 6.45) is 1.97. The molecule has 25 heavy (non-hydrogen) atoms. The Kier molecular flexibility index (Phi) is 3.01. The summed E-state index contributed by atoms with van der Waals surface area (Å²) < 4.78 is 2.25. The Bertz CT molecular complexity index is 1200. The maximum Gasteiger partial charge on any atom is 0.145 e. The first kappa shape index (κ1) is 14.1. The summed E-state index contributed by atoms with van der Waals surface area (Å²) in [6.45, 7) is 2.04. The number of nitrogens with one attached hydrogen (secondary N) is 1. The Hall–Kier alpha value is -3.33. The zero-order valence-corrected chi connectivity index (χ0v) is 13.9. The minimum Gasteiger partial charge on any atom is -0.361 e. The van der Waals surface area contributed by atoms with E-state index in [0.717, 1.165) is 33.6 Å². The molecular weight excluding hydrogens is 306 g/mol. The molecule has 5 aromatic rings. The van der Waals surface area contributed by atoms with E-state index >= 15 is 0 Å². The molecule has 2 aromatic carbocycles. The highest BCUT2D eigenvalue weighted by Gasteiger charge is 2.14. The zero-order valence-electron chi connectivity index (χ0n) is 13.9. The number of aryl methyl sites for hydroxylation is 1. The van der Waals surface area contributed by atoms with Crippen LogP contribution in [0.15, 0.2) is 79.0 Å². The van der Waals surface area contributed by atoms with Gasteiger partial charge in [0.2, 0.25) is 0 Å². The summed E-state index contributed by atoms with van der Waals surface area (Å²) in [5.74, 6) is 0. The van der Waals surface area contributed by atoms with Crippen molar-refractivity contribution >= 4 is 21.9 Å². The van der Waals surface area contributed by atoms with Crippen molar-refractivity contribution in [3.63, 3.8) is 0 Å². The van der Waals surface area contributed by atoms with Crippen molar-refractivity contribution in [3.8, 4) is 16.9 Å².